The summed E-state index contributed by atoms with van der Waals surface area (Å²) in [6.07, 6.45) is 4.12. The average Bonchev–Trinajstić information content (AvgIpc) is 2.35. The van der Waals surface area contributed by atoms with Crippen LogP contribution in [0.4, 0.5) is 0 Å². The van der Waals surface area contributed by atoms with E-state index in [2.05, 4.69) is 27.9 Å². The van der Waals surface area contributed by atoms with E-state index >= 15 is 0 Å². The minimum atomic E-state index is 0.919. The Balaban J connectivity index is 2.23. The van der Waals surface area contributed by atoms with E-state index in [4.69, 9.17) is 0 Å². The molecule has 0 fully saturated rings. The van der Waals surface area contributed by atoms with Gasteiger partial charge in [0.15, 0.2) is 0 Å². The van der Waals surface area contributed by atoms with Gasteiger partial charge in [0.05, 0.1) is 11.6 Å². The predicted molar refractivity (Wildman–Crippen MR) is 48.5 cm³/mol. The van der Waals surface area contributed by atoms with Crippen LogP contribution in [0, 0.1) is 0 Å². The zero-order valence-corrected chi connectivity index (χ0v) is 7.05. The highest BCUT2D eigenvalue weighted by molar-refractivity contribution is 7.99. The number of hydrogen-bond acceptors (Lipinski definition) is 2. The Labute approximate surface area is 70.3 Å². The number of aliphatic imine (C=N–C) groups is 1. The molecule has 0 amide bonds. The lowest BCUT2D eigenvalue weighted by atomic mass is 10.6. The third-order valence-corrected chi connectivity index (χ3v) is 2.67. The van der Waals surface area contributed by atoms with E-state index in [0.717, 1.165) is 18.8 Å². The first-order chi connectivity index (χ1) is 5.47. The second kappa shape index (κ2) is 3.13. The molecule has 0 bridgehead atoms. The first-order valence-corrected chi connectivity index (χ1v) is 4.71. The normalized spacial score (nSPS) is 17.1. The van der Waals surface area contributed by atoms with E-state index in [1.165, 1.54) is 5.03 Å². The van der Waals surface area contributed by atoms with Crippen molar-refractivity contribution in [2.45, 2.75) is 11.6 Å². The van der Waals surface area contributed by atoms with E-state index in [0.29, 0.717) is 0 Å². The van der Waals surface area contributed by atoms with Gasteiger partial charge in [0.1, 0.15) is 0 Å². The van der Waals surface area contributed by atoms with Crippen LogP contribution in [0.5, 0.6) is 0 Å². The summed E-state index contributed by atoms with van der Waals surface area (Å²) < 4.78 is 2.25. The molecule has 2 nitrogen and oxygen atoms in total. The Morgan fingerprint density at radius 2 is 2.55 bits per heavy atom. The Hall–Kier alpha value is -0.700. The molecule has 0 atom stereocenters. The highest BCUT2D eigenvalue weighted by Gasteiger charge is 2.01. The van der Waals surface area contributed by atoms with Gasteiger partial charge in [-0.15, -0.1) is 11.8 Å². The highest BCUT2D eigenvalue weighted by Crippen LogP contribution is 2.18. The van der Waals surface area contributed by atoms with Crippen LogP contribution >= 0.6 is 11.8 Å². The number of fused-ring (bicyclic) bond motifs is 1. The molecule has 0 unspecified atom stereocenters. The third kappa shape index (κ3) is 1.48. The van der Waals surface area contributed by atoms with Gasteiger partial charge in [-0.2, -0.15) is 0 Å². The number of thioether (sulfide) groups is 1. The van der Waals surface area contributed by atoms with Crippen molar-refractivity contribution in [3.63, 3.8) is 0 Å². The molecule has 0 saturated heterocycles. The molecule has 0 aliphatic carbocycles. The smallest absolute Gasteiger partial charge is 0.0752 e. The zero-order chi connectivity index (χ0) is 7.52. The van der Waals surface area contributed by atoms with E-state index < -0.39 is 0 Å². The molecule has 0 saturated carbocycles. The lowest BCUT2D eigenvalue weighted by Crippen LogP contribution is -2.04. The number of nitrogens with zero attached hydrogens (tertiary/aromatic N) is 2. The van der Waals surface area contributed by atoms with Gasteiger partial charge in [-0.1, -0.05) is 0 Å². The van der Waals surface area contributed by atoms with Gasteiger partial charge in [-0.3, -0.25) is 4.99 Å². The van der Waals surface area contributed by atoms with E-state index in [-0.39, 0.29) is 0 Å². The quantitative estimate of drug-likeness (QED) is 0.573. The Bertz CT molecular complexity index is 240. The van der Waals surface area contributed by atoms with Crippen molar-refractivity contribution < 1.29 is 0 Å². The van der Waals surface area contributed by atoms with Crippen LogP contribution in [-0.4, -0.2) is 23.1 Å². The standard InChI is InChI=1S/C8H10N2S/c1-2-8-10(5-1)6-3-9-4-7-11-8/h1-2,4-5H,3,6-7H2. The molecule has 58 valence electrons. The van der Waals surface area contributed by atoms with Gasteiger partial charge >= 0.3 is 0 Å². The summed E-state index contributed by atoms with van der Waals surface area (Å²) in [5.74, 6) is 1.00. The van der Waals surface area contributed by atoms with E-state index in [1.807, 2.05) is 18.0 Å². The lowest BCUT2D eigenvalue weighted by Gasteiger charge is -2.07. The third-order valence-electron chi connectivity index (χ3n) is 1.69. The molecule has 0 N–H and O–H groups in total. The van der Waals surface area contributed by atoms with Crippen LogP contribution in [0.1, 0.15) is 0 Å². The van der Waals surface area contributed by atoms with Gasteiger partial charge in [-0.25, -0.2) is 0 Å². The van der Waals surface area contributed by atoms with Crippen LogP contribution in [-0.2, 0) is 6.54 Å². The van der Waals surface area contributed by atoms with Crippen molar-refractivity contribution >= 4 is 18.0 Å². The topological polar surface area (TPSA) is 17.3 Å². The van der Waals surface area contributed by atoms with Crippen molar-refractivity contribution in [3.8, 4) is 0 Å². The van der Waals surface area contributed by atoms with Crippen molar-refractivity contribution in [2.24, 2.45) is 4.99 Å². The van der Waals surface area contributed by atoms with E-state index in [9.17, 15) is 0 Å². The summed E-state index contributed by atoms with van der Waals surface area (Å²) in [5, 5.41) is 1.36. The van der Waals surface area contributed by atoms with Gasteiger partial charge in [0, 0.05) is 24.7 Å². The molecular formula is C8H10N2S. The van der Waals surface area contributed by atoms with Gasteiger partial charge in [0.25, 0.3) is 0 Å². The summed E-state index contributed by atoms with van der Waals surface area (Å²) in [7, 11) is 0. The van der Waals surface area contributed by atoms with Gasteiger partial charge < -0.3 is 4.57 Å². The molecule has 2 heterocycles. The van der Waals surface area contributed by atoms with Crippen molar-refractivity contribution in [1.29, 1.82) is 0 Å². The fourth-order valence-corrected chi connectivity index (χ4v) is 1.99. The molecule has 1 aromatic rings. The Morgan fingerprint density at radius 1 is 1.55 bits per heavy atom. The molecular weight excluding hydrogens is 156 g/mol. The van der Waals surface area contributed by atoms with Crippen molar-refractivity contribution in [2.75, 3.05) is 12.3 Å². The maximum atomic E-state index is 4.24. The fourth-order valence-electron chi connectivity index (χ4n) is 1.15. The minimum absolute atomic E-state index is 0.919. The second-order valence-electron chi connectivity index (χ2n) is 2.44. The number of aromatic nitrogens is 1. The number of hydrogen-bond donors (Lipinski definition) is 0. The highest BCUT2D eigenvalue weighted by atomic mass is 32.2. The molecule has 1 aliphatic heterocycles. The molecule has 11 heavy (non-hydrogen) atoms. The fraction of sp³-hybridized carbons (Fsp3) is 0.375. The Morgan fingerprint density at radius 3 is 3.55 bits per heavy atom. The van der Waals surface area contributed by atoms with Gasteiger partial charge in [-0.05, 0) is 12.1 Å². The first kappa shape index (κ1) is 6.98. The lowest BCUT2D eigenvalue weighted by molar-refractivity contribution is 0.661. The molecule has 1 aromatic heterocycles. The van der Waals surface area contributed by atoms with Crippen LogP contribution in [0.25, 0.3) is 0 Å². The summed E-state index contributed by atoms with van der Waals surface area (Å²) in [5.41, 5.74) is 0. The van der Waals surface area contributed by atoms with Crippen LogP contribution < -0.4 is 0 Å². The zero-order valence-electron chi connectivity index (χ0n) is 6.23. The summed E-state index contributed by atoms with van der Waals surface area (Å²) >= 11 is 1.84. The largest absolute Gasteiger partial charge is 0.341 e. The average molecular weight is 166 g/mol. The summed E-state index contributed by atoms with van der Waals surface area (Å²) in [6.45, 7) is 1.94. The minimum Gasteiger partial charge on any atom is -0.341 e. The van der Waals surface area contributed by atoms with Crippen molar-refractivity contribution in [1.82, 2.24) is 4.57 Å². The number of rotatable bonds is 0. The molecule has 0 radical (unpaired) electrons. The Kier molecular flexibility index (Phi) is 1.99. The van der Waals surface area contributed by atoms with Gasteiger partial charge in [0.2, 0.25) is 0 Å². The van der Waals surface area contributed by atoms with Crippen LogP contribution in [0.15, 0.2) is 28.3 Å². The summed E-state index contributed by atoms with van der Waals surface area (Å²) in [6, 6.07) is 4.25. The molecule has 0 spiro atoms. The molecule has 1 aliphatic rings. The maximum Gasteiger partial charge on any atom is 0.0752 e. The van der Waals surface area contributed by atoms with Crippen LogP contribution in [0.2, 0.25) is 0 Å². The molecule has 0 aromatic carbocycles. The monoisotopic (exact) mass is 166 g/mol. The maximum absolute atomic E-state index is 4.24. The first-order valence-electron chi connectivity index (χ1n) is 3.73. The van der Waals surface area contributed by atoms with E-state index in [1.54, 1.807) is 0 Å². The molecule has 3 heteroatoms. The predicted octanol–water partition coefficient (Wildman–Crippen LogP) is 1.66. The summed E-state index contributed by atoms with van der Waals surface area (Å²) in [4.78, 5) is 4.24. The SMILES string of the molecule is C1=NCCn2cccc2SC1. The molecule has 2 rings (SSSR count). The second-order valence-corrected chi connectivity index (χ2v) is 3.48. The van der Waals surface area contributed by atoms with Crippen LogP contribution in [0.3, 0.4) is 0 Å². The van der Waals surface area contributed by atoms with Crippen molar-refractivity contribution in [3.05, 3.63) is 18.3 Å².